The number of amides is 2. The number of nitriles is 1. The molecule has 2 aromatic carbocycles. The van der Waals surface area contributed by atoms with Gasteiger partial charge in [-0.05, 0) is 29.3 Å². The summed E-state index contributed by atoms with van der Waals surface area (Å²) in [5.74, 6) is -1.61. The number of hydrogen-bond donors (Lipinski definition) is 3. The molecule has 0 unspecified atom stereocenters. The lowest BCUT2D eigenvalue weighted by Gasteiger charge is -2.09. The molecule has 0 atom stereocenters. The summed E-state index contributed by atoms with van der Waals surface area (Å²) in [5, 5.41) is 22.9. The first-order valence-electron chi connectivity index (χ1n) is 6.91. The highest BCUT2D eigenvalue weighted by atomic mass is 16.3. The summed E-state index contributed by atoms with van der Waals surface area (Å²) in [5.41, 5.74) is 2.19. The van der Waals surface area contributed by atoms with Crippen molar-refractivity contribution in [2.45, 2.75) is 13.2 Å². The molecule has 0 heterocycles. The molecule has 0 bridgehead atoms. The topological polar surface area (TPSA) is 102 Å². The Morgan fingerprint density at radius 2 is 1.78 bits per heavy atom. The van der Waals surface area contributed by atoms with E-state index in [1.807, 2.05) is 6.07 Å². The van der Waals surface area contributed by atoms with E-state index in [-0.39, 0.29) is 13.2 Å². The molecule has 0 saturated heterocycles. The summed E-state index contributed by atoms with van der Waals surface area (Å²) in [4.78, 5) is 23.7. The van der Waals surface area contributed by atoms with Gasteiger partial charge in [-0.15, -0.1) is 0 Å². The van der Waals surface area contributed by atoms with Crippen LogP contribution in [0, 0.1) is 11.3 Å². The van der Waals surface area contributed by atoms with Gasteiger partial charge in [-0.1, -0.05) is 30.3 Å². The first-order chi connectivity index (χ1) is 11.1. The van der Waals surface area contributed by atoms with Gasteiger partial charge < -0.3 is 15.7 Å². The van der Waals surface area contributed by atoms with E-state index < -0.39 is 11.8 Å². The fraction of sp³-hybridized carbons (Fsp3) is 0.118. The molecule has 23 heavy (non-hydrogen) atoms. The molecule has 0 aromatic heterocycles. The molecule has 2 aromatic rings. The van der Waals surface area contributed by atoms with Crippen molar-refractivity contribution in [2.75, 3.05) is 5.32 Å². The average Bonchev–Trinajstić information content (AvgIpc) is 2.59. The zero-order valence-corrected chi connectivity index (χ0v) is 12.2. The summed E-state index contributed by atoms with van der Waals surface area (Å²) >= 11 is 0. The maximum absolute atomic E-state index is 11.8. The van der Waals surface area contributed by atoms with Gasteiger partial charge in [0.15, 0.2) is 0 Å². The molecule has 0 radical (unpaired) electrons. The first kappa shape index (κ1) is 16.2. The van der Waals surface area contributed by atoms with E-state index in [0.29, 0.717) is 16.8 Å². The van der Waals surface area contributed by atoms with Crippen LogP contribution in [0.3, 0.4) is 0 Å². The molecule has 2 rings (SSSR count). The van der Waals surface area contributed by atoms with Crippen molar-refractivity contribution in [1.29, 1.82) is 5.26 Å². The Hall–Kier alpha value is -3.17. The maximum Gasteiger partial charge on any atom is 0.313 e. The van der Waals surface area contributed by atoms with E-state index in [2.05, 4.69) is 10.6 Å². The number of aliphatic hydroxyl groups is 1. The van der Waals surface area contributed by atoms with Crippen LogP contribution in [-0.2, 0) is 22.7 Å². The van der Waals surface area contributed by atoms with Crippen molar-refractivity contribution in [3.05, 3.63) is 65.2 Å². The van der Waals surface area contributed by atoms with Crippen molar-refractivity contribution in [3.8, 4) is 6.07 Å². The van der Waals surface area contributed by atoms with Gasteiger partial charge in [0, 0.05) is 12.2 Å². The van der Waals surface area contributed by atoms with Crippen LogP contribution in [0.25, 0.3) is 0 Å². The number of rotatable bonds is 4. The van der Waals surface area contributed by atoms with Crippen LogP contribution < -0.4 is 10.6 Å². The Labute approximate surface area is 133 Å². The van der Waals surface area contributed by atoms with Gasteiger partial charge in [0.1, 0.15) is 0 Å². The van der Waals surface area contributed by atoms with Gasteiger partial charge in [-0.25, -0.2) is 0 Å². The minimum absolute atomic E-state index is 0.140. The summed E-state index contributed by atoms with van der Waals surface area (Å²) in [6, 6.07) is 15.3. The smallest absolute Gasteiger partial charge is 0.313 e. The summed E-state index contributed by atoms with van der Waals surface area (Å²) in [7, 11) is 0. The van der Waals surface area contributed by atoms with Gasteiger partial charge in [0.25, 0.3) is 0 Å². The van der Waals surface area contributed by atoms with Crippen molar-refractivity contribution in [2.24, 2.45) is 0 Å². The predicted octanol–water partition coefficient (Wildman–Crippen LogP) is 1.31. The standard InChI is InChI=1S/C17H15N3O3/c18-9-12-4-3-7-15(8-12)20-17(23)16(22)19-10-13-5-1-2-6-14(13)11-21/h1-8,21H,10-11H2,(H,19,22)(H,20,23). The number of benzene rings is 2. The fourth-order valence-corrected chi connectivity index (χ4v) is 1.99. The quantitative estimate of drug-likeness (QED) is 0.741. The fourth-order valence-electron chi connectivity index (χ4n) is 1.99. The molecular weight excluding hydrogens is 294 g/mol. The number of hydrogen-bond acceptors (Lipinski definition) is 4. The number of nitrogens with zero attached hydrogens (tertiary/aromatic N) is 1. The van der Waals surface area contributed by atoms with Gasteiger partial charge in [-0.3, -0.25) is 9.59 Å². The minimum Gasteiger partial charge on any atom is -0.392 e. The van der Waals surface area contributed by atoms with E-state index >= 15 is 0 Å². The van der Waals surface area contributed by atoms with Crippen LogP contribution >= 0.6 is 0 Å². The van der Waals surface area contributed by atoms with E-state index in [1.54, 1.807) is 42.5 Å². The molecule has 2 amide bonds. The van der Waals surface area contributed by atoms with Gasteiger partial charge >= 0.3 is 11.8 Å². The zero-order chi connectivity index (χ0) is 16.7. The number of carbonyl (C=O) groups is 2. The predicted molar refractivity (Wildman–Crippen MR) is 84.0 cm³/mol. The third kappa shape index (κ3) is 4.40. The van der Waals surface area contributed by atoms with E-state index in [4.69, 9.17) is 5.26 Å². The molecule has 0 spiro atoms. The van der Waals surface area contributed by atoms with Crippen LogP contribution in [0.5, 0.6) is 0 Å². The Balaban J connectivity index is 1.95. The molecular formula is C17H15N3O3. The molecule has 0 aliphatic carbocycles. The summed E-state index contributed by atoms with van der Waals surface area (Å²) < 4.78 is 0. The second-order valence-corrected chi connectivity index (χ2v) is 4.76. The van der Waals surface area contributed by atoms with Crippen molar-refractivity contribution in [3.63, 3.8) is 0 Å². The second-order valence-electron chi connectivity index (χ2n) is 4.76. The first-order valence-corrected chi connectivity index (χ1v) is 6.91. The summed E-state index contributed by atoms with van der Waals surface area (Å²) in [6.07, 6.45) is 0. The van der Waals surface area contributed by atoms with E-state index in [1.165, 1.54) is 6.07 Å². The average molecular weight is 309 g/mol. The van der Waals surface area contributed by atoms with E-state index in [0.717, 1.165) is 5.56 Å². The number of anilines is 1. The normalized spacial score (nSPS) is 9.74. The van der Waals surface area contributed by atoms with Crippen molar-refractivity contribution >= 4 is 17.5 Å². The lowest BCUT2D eigenvalue weighted by molar-refractivity contribution is -0.136. The SMILES string of the molecule is N#Cc1cccc(NC(=O)C(=O)NCc2ccccc2CO)c1. The second kappa shape index (κ2) is 7.73. The molecule has 3 N–H and O–H groups in total. The Bertz CT molecular complexity index is 766. The van der Waals surface area contributed by atoms with Crippen LogP contribution in [-0.4, -0.2) is 16.9 Å². The molecule has 0 saturated carbocycles. The number of nitrogens with one attached hydrogen (secondary N) is 2. The Morgan fingerprint density at radius 3 is 2.48 bits per heavy atom. The van der Waals surface area contributed by atoms with Crippen LogP contribution in [0.4, 0.5) is 5.69 Å². The lowest BCUT2D eigenvalue weighted by atomic mass is 10.1. The monoisotopic (exact) mass is 309 g/mol. The molecule has 6 heteroatoms. The highest BCUT2D eigenvalue weighted by Gasteiger charge is 2.14. The van der Waals surface area contributed by atoms with Crippen molar-refractivity contribution in [1.82, 2.24) is 5.32 Å². The molecule has 0 fully saturated rings. The molecule has 0 aliphatic heterocycles. The van der Waals surface area contributed by atoms with Crippen LogP contribution in [0.2, 0.25) is 0 Å². The van der Waals surface area contributed by atoms with Gasteiger partial charge in [-0.2, -0.15) is 5.26 Å². The largest absolute Gasteiger partial charge is 0.392 e. The molecule has 116 valence electrons. The van der Waals surface area contributed by atoms with Crippen LogP contribution in [0.1, 0.15) is 16.7 Å². The highest BCUT2D eigenvalue weighted by Crippen LogP contribution is 2.10. The lowest BCUT2D eigenvalue weighted by Crippen LogP contribution is -2.35. The molecule has 0 aliphatic rings. The number of aliphatic hydroxyl groups excluding tert-OH is 1. The Kier molecular flexibility index (Phi) is 5.45. The zero-order valence-electron chi connectivity index (χ0n) is 12.2. The van der Waals surface area contributed by atoms with Gasteiger partial charge in [0.2, 0.25) is 0 Å². The third-order valence-electron chi connectivity index (χ3n) is 3.18. The molecule has 6 nitrogen and oxygen atoms in total. The summed E-state index contributed by atoms with van der Waals surface area (Å²) in [6.45, 7) is 0.000411. The number of carbonyl (C=O) groups excluding carboxylic acids is 2. The maximum atomic E-state index is 11.8. The Morgan fingerprint density at radius 1 is 1.04 bits per heavy atom. The van der Waals surface area contributed by atoms with E-state index in [9.17, 15) is 14.7 Å². The van der Waals surface area contributed by atoms with Crippen molar-refractivity contribution < 1.29 is 14.7 Å². The minimum atomic E-state index is -0.818. The van der Waals surface area contributed by atoms with Crippen LogP contribution in [0.15, 0.2) is 48.5 Å². The third-order valence-corrected chi connectivity index (χ3v) is 3.18. The van der Waals surface area contributed by atoms with Gasteiger partial charge in [0.05, 0.1) is 18.2 Å². The highest BCUT2D eigenvalue weighted by molar-refractivity contribution is 6.39.